The van der Waals surface area contributed by atoms with Crippen LogP contribution in [0.5, 0.6) is 5.75 Å². The molecule has 10 heteroatoms. The largest absolute Gasteiger partial charge is 0.497 e. The number of ether oxygens (including phenoxy) is 2. The number of hydrogen-bond donors (Lipinski definition) is 1. The maximum Gasteiger partial charge on any atom is 0.282 e. The Hall–Kier alpha value is -1.72. The molecule has 2 fully saturated rings. The number of anilines is 1. The van der Waals surface area contributed by atoms with Crippen molar-refractivity contribution >= 4 is 21.8 Å². The van der Waals surface area contributed by atoms with Crippen molar-refractivity contribution < 1.29 is 22.7 Å². The Kier molecular flexibility index (Phi) is 6.66. The van der Waals surface area contributed by atoms with Gasteiger partial charge in [-0.05, 0) is 24.3 Å². The van der Waals surface area contributed by atoms with Crippen LogP contribution in [0, 0.1) is 0 Å². The predicted octanol–water partition coefficient (Wildman–Crippen LogP) is -0.172. The Labute approximate surface area is 160 Å². The summed E-state index contributed by atoms with van der Waals surface area (Å²) in [6.07, 6.45) is 0. The van der Waals surface area contributed by atoms with Gasteiger partial charge >= 0.3 is 0 Å². The molecule has 2 aliphatic heterocycles. The maximum atomic E-state index is 12.7. The first kappa shape index (κ1) is 20.0. The lowest BCUT2D eigenvalue weighted by atomic mass is 10.3. The number of rotatable bonds is 6. The number of methoxy groups -OCH3 is 1. The fourth-order valence-electron chi connectivity index (χ4n) is 3.14. The van der Waals surface area contributed by atoms with Gasteiger partial charge in [0.05, 0.1) is 26.9 Å². The molecule has 0 unspecified atom stereocenters. The number of nitrogens with zero attached hydrogens (tertiary/aromatic N) is 3. The lowest BCUT2D eigenvalue weighted by Gasteiger charge is -2.37. The number of piperazine rings is 1. The van der Waals surface area contributed by atoms with Crippen LogP contribution < -0.4 is 10.1 Å². The summed E-state index contributed by atoms with van der Waals surface area (Å²) < 4.78 is 38.6. The third kappa shape index (κ3) is 5.17. The molecule has 2 saturated heterocycles. The van der Waals surface area contributed by atoms with Crippen molar-refractivity contribution in [3.05, 3.63) is 24.3 Å². The smallest absolute Gasteiger partial charge is 0.282 e. The molecule has 27 heavy (non-hydrogen) atoms. The molecule has 0 bridgehead atoms. The van der Waals surface area contributed by atoms with Gasteiger partial charge in [0, 0.05) is 45.0 Å². The second-order valence-corrected chi connectivity index (χ2v) is 8.40. The Balaban J connectivity index is 1.46. The zero-order chi connectivity index (χ0) is 19.3. The number of carbonyl (C=O) groups is 1. The van der Waals surface area contributed by atoms with Crippen molar-refractivity contribution in [3.8, 4) is 5.75 Å². The monoisotopic (exact) mass is 398 g/mol. The summed E-state index contributed by atoms with van der Waals surface area (Å²) in [5.41, 5.74) is 0.703. The van der Waals surface area contributed by atoms with Crippen LogP contribution in [0.3, 0.4) is 0 Å². The van der Waals surface area contributed by atoms with Crippen molar-refractivity contribution in [1.82, 2.24) is 13.5 Å². The first-order valence-corrected chi connectivity index (χ1v) is 10.4. The number of morpholine rings is 1. The Morgan fingerprint density at radius 1 is 1.04 bits per heavy atom. The van der Waals surface area contributed by atoms with Crippen LogP contribution in [0.1, 0.15) is 0 Å². The van der Waals surface area contributed by atoms with E-state index in [0.29, 0.717) is 58.2 Å². The fraction of sp³-hybridized carbons (Fsp3) is 0.588. The van der Waals surface area contributed by atoms with E-state index >= 15 is 0 Å². The Bertz CT molecular complexity index is 726. The molecular weight excluding hydrogens is 372 g/mol. The van der Waals surface area contributed by atoms with Crippen LogP contribution in [0.4, 0.5) is 5.69 Å². The first-order valence-electron chi connectivity index (χ1n) is 8.98. The van der Waals surface area contributed by atoms with Crippen molar-refractivity contribution in [2.75, 3.05) is 71.5 Å². The minimum Gasteiger partial charge on any atom is -0.497 e. The van der Waals surface area contributed by atoms with Crippen molar-refractivity contribution in [3.63, 3.8) is 0 Å². The molecule has 9 nitrogen and oxygen atoms in total. The molecular formula is C17H26N4O5S. The van der Waals surface area contributed by atoms with E-state index in [2.05, 4.69) is 5.32 Å². The van der Waals surface area contributed by atoms with Gasteiger partial charge in [-0.2, -0.15) is 17.0 Å². The molecule has 0 radical (unpaired) electrons. The summed E-state index contributed by atoms with van der Waals surface area (Å²) in [6, 6.07) is 7.13. The highest BCUT2D eigenvalue weighted by Crippen LogP contribution is 2.16. The molecule has 0 aliphatic carbocycles. The molecule has 1 aromatic carbocycles. The molecule has 1 N–H and O–H groups in total. The second kappa shape index (κ2) is 8.98. The highest BCUT2D eigenvalue weighted by molar-refractivity contribution is 7.86. The molecule has 2 heterocycles. The lowest BCUT2D eigenvalue weighted by molar-refractivity contribution is -0.117. The molecule has 1 aromatic rings. The zero-order valence-corrected chi connectivity index (χ0v) is 16.3. The molecule has 3 rings (SSSR count). The highest BCUT2D eigenvalue weighted by Gasteiger charge is 2.33. The third-order valence-electron chi connectivity index (χ3n) is 4.69. The third-order valence-corrected chi connectivity index (χ3v) is 6.73. The van der Waals surface area contributed by atoms with Gasteiger partial charge in [-0.1, -0.05) is 0 Å². The van der Waals surface area contributed by atoms with E-state index in [1.165, 1.54) is 8.61 Å². The summed E-state index contributed by atoms with van der Waals surface area (Å²) in [5.74, 6) is 0.607. The van der Waals surface area contributed by atoms with Crippen molar-refractivity contribution in [1.29, 1.82) is 0 Å². The number of benzene rings is 1. The second-order valence-electron chi connectivity index (χ2n) is 6.47. The minimum absolute atomic E-state index is 0.121. The van der Waals surface area contributed by atoms with Crippen LogP contribution in [0.2, 0.25) is 0 Å². The molecule has 0 spiro atoms. The van der Waals surface area contributed by atoms with E-state index < -0.39 is 10.2 Å². The lowest BCUT2D eigenvalue weighted by Crippen LogP contribution is -2.55. The van der Waals surface area contributed by atoms with Crippen LogP contribution >= 0.6 is 0 Å². The van der Waals surface area contributed by atoms with E-state index in [1.54, 1.807) is 31.4 Å². The van der Waals surface area contributed by atoms with E-state index in [-0.39, 0.29) is 12.5 Å². The van der Waals surface area contributed by atoms with Gasteiger partial charge in [0.2, 0.25) is 5.91 Å². The van der Waals surface area contributed by atoms with Gasteiger partial charge in [-0.25, -0.2) is 0 Å². The standard InChI is InChI=1S/C17H26N4O5S/c1-25-16-4-2-15(3-5-16)18-17(22)14-19-6-8-20(9-7-19)27(23,24)21-10-12-26-13-11-21/h2-5H,6-14H2,1H3,(H,18,22). The van der Waals surface area contributed by atoms with Crippen molar-refractivity contribution in [2.24, 2.45) is 0 Å². The van der Waals surface area contributed by atoms with Crippen LogP contribution in [0.25, 0.3) is 0 Å². The van der Waals surface area contributed by atoms with E-state index in [1.807, 2.05) is 4.90 Å². The average Bonchev–Trinajstić information content (AvgIpc) is 2.69. The van der Waals surface area contributed by atoms with Gasteiger partial charge in [-0.3, -0.25) is 9.69 Å². The molecule has 0 atom stereocenters. The normalized spacial score (nSPS) is 20.3. The summed E-state index contributed by atoms with van der Waals surface area (Å²) in [4.78, 5) is 14.2. The summed E-state index contributed by atoms with van der Waals surface area (Å²) in [5, 5.41) is 2.84. The van der Waals surface area contributed by atoms with Gasteiger partial charge in [0.25, 0.3) is 10.2 Å². The minimum atomic E-state index is -3.44. The number of hydrogen-bond acceptors (Lipinski definition) is 6. The maximum absolute atomic E-state index is 12.7. The summed E-state index contributed by atoms with van der Waals surface area (Å²) >= 11 is 0. The summed E-state index contributed by atoms with van der Waals surface area (Å²) in [7, 11) is -1.85. The fourth-order valence-corrected chi connectivity index (χ4v) is 4.70. The Morgan fingerprint density at radius 2 is 1.63 bits per heavy atom. The predicted molar refractivity (Wildman–Crippen MR) is 101 cm³/mol. The van der Waals surface area contributed by atoms with Gasteiger partial charge in [0.15, 0.2) is 0 Å². The van der Waals surface area contributed by atoms with Crippen molar-refractivity contribution in [2.45, 2.75) is 0 Å². The van der Waals surface area contributed by atoms with E-state index in [4.69, 9.17) is 9.47 Å². The average molecular weight is 398 g/mol. The molecule has 1 amide bonds. The van der Waals surface area contributed by atoms with Crippen LogP contribution in [-0.2, 0) is 19.7 Å². The van der Waals surface area contributed by atoms with E-state index in [9.17, 15) is 13.2 Å². The molecule has 0 aromatic heterocycles. The zero-order valence-electron chi connectivity index (χ0n) is 15.5. The molecule has 2 aliphatic rings. The molecule has 150 valence electrons. The molecule has 0 saturated carbocycles. The first-order chi connectivity index (χ1) is 13.0. The van der Waals surface area contributed by atoms with Crippen LogP contribution in [-0.4, -0.2) is 94.0 Å². The van der Waals surface area contributed by atoms with Gasteiger partial charge < -0.3 is 14.8 Å². The van der Waals surface area contributed by atoms with E-state index in [0.717, 1.165) is 5.75 Å². The number of carbonyl (C=O) groups excluding carboxylic acids is 1. The quantitative estimate of drug-likeness (QED) is 0.715. The topological polar surface area (TPSA) is 91.4 Å². The SMILES string of the molecule is COc1ccc(NC(=O)CN2CCN(S(=O)(=O)N3CCOCC3)CC2)cc1. The number of nitrogens with one attached hydrogen (secondary N) is 1. The summed E-state index contributed by atoms with van der Waals surface area (Å²) in [6.45, 7) is 3.72. The number of amides is 1. The van der Waals surface area contributed by atoms with Crippen LogP contribution in [0.15, 0.2) is 24.3 Å². The Morgan fingerprint density at radius 3 is 2.22 bits per heavy atom. The van der Waals surface area contributed by atoms with Gasteiger partial charge in [0.1, 0.15) is 5.75 Å². The highest BCUT2D eigenvalue weighted by atomic mass is 32.2. The van der Waals surface area contributed by atoms with Gasteiger partial charge in [-0.15, -0.1) is 0 Å².